The molecule has 0 saturated carbocycles. The second-order valence-corrected chi connectivity index (χ2v) is 6.28. The molecule has 128 valence electrons. The number of pyridine rings is 1. The van der Waals surface area contributed by atoms with Crippen molar-refractivity contribution in [1.82, 2.24) is 10.3 Å². The van der Waals surface area contributed by atoms with Crippen LogP contribution in [-0.4, -0.2) is 36.2 Å². The molecule has 1 saturated heterocycles. The van der Waals surface area contributed by atoms with Gasteiger partial charge in [0.1, 0.15) is 11.6 Å². The molecule has 3 rings (SSSR count). The summed E-state index contributed by atoms with van der Waals surface area (Å²) in [7, 11) is 0. The number of rotatable bonds is 4. The zero-order valence-electron chi connectivity index (χ0n) is 14.3. The zero-order chi connectivity index (χ0) is 17.1. The summed E-state index contributed by atoms with van der Waals surface area (Å²) in [6, 6.07) is 7.42. The molecule has 1 fully saturated rings. The third kappa shape index (κ3) is 3.94. The lowest BCUT2D eigenvalue weighted by molar-refractivity contribution is -0.00546. The number of morpholine rings is 1. The largest absolute Gasteiger partial charge is 0.456 e. The number of carbonyl (C=O) groups excluding carboxylic acids is 1. The van der Waals surface area contributed by atoms with Crippen molar-refractivity contribution in [1.29, 1.82) is 0 Å². The first kappa shape index (κ1) is 16.5. The van der Waals surface area contributed by atoms with Gasteiger partial charge < -0.3 is 19.4 Å². The SMILES string of the molecule is Cc1ccc(C(=O)NCc2ccc(N3CC(C)OC(C)C3)nc2)o1. The van der Waals surface area contributed by atoms with Crippen LogP contribution in [0.2, 0.25) is 0 Å². The Morgan fingerprint density at radius 1 is 1.25 bits per heavy atom. The van der Waals surface area contributed by atoms with Crippen LogP contribution in [0.1, 0.15) is 35.7 Å². The topological polar surface area (TPSA) is 67.6 Å². The summed E-state index contributed by atoms with van der Waals surface area (Å²) in [6.07, 6.45) is 2.20. The lowest BCUT2D eigenvalue weighted by Crippen LogP contribution is -2.45. The molecule has 0 bridgehead atoms. The number of ether oxygens (including phenoxy) is 1. The van der Waals surface area contributed by atoms with Crippen molar-refractivity contribution >= 4 is 11.7 Å². The fraction of sp³-hybridized carbons (Fsp3) is 0.444. The number of hydrogen-bond donors (Lipinski definition) is 1. The van der Waals surface area contributed by atoms with E-state index in [1.165, 1.54) is 0 Å². The van der Waals surface area contributed by atoms with Gasteiger partial charge in [-0.1, -0.05) is 6.07 Å². The van der Waals surface area contributed by atoms with E-state index >= 15 is 0 Å². The second-order valence-electron chi connectivity index (χ2n) is 6.28. The van der Waals surface area contributed by atoms with E-state index in [0.29, 0.717) is 12.3 Å². The van der Waals surface area contributed by atoms with Crippen molar-refractivity contribution in [2.24, 2.45) is 0 Å². The van der Waals surface area contributed by atoms with Gasteiger partial charge in [-0.25, -0.2) is 4.98 Å². The number of anilines is 1. The minimum absolute atomic E-state index is 0.200. The first-order valence-corrected chi connectivity index (χ1v) is 8.21. The number of nitrogens with one attached hydrogen (secondary N) is 1. The van der Waals surface area contributed by atoms with Crippen LogP contribution in [0.4, 0.5) is 5.82 Å². The lowest BCUT2D eigenvalue weighted by atomic mass is 10.2. The monoisotopic (exact) mass is 329 g/mol. The number of carbonyl (C=O) groups is 1. The number of aryl methyl sites for hydroxylation is 1. The van der Waals surface area contributed by atoms with Crippen molar-refractivity contribution in [3.8, 4) is 0 Å². The smallest absolute Gasteiger partial charge is 0.287 e. The predicted octanol–water partition coefficient (Wildman–Crippen LogP) is 2.53. The van der Waals surface area contributed by atoms with Gasteiger partial charge in [0.25, 0.3) is 5.91 Å². The van der Waals surface area contributed by atoms with Crippen molar-refractivity contribution in [2.45, 2.75) is 39.5 Å². The van der Waals surface area contributed by atoms with E-state index in [0.717, 1.165) is 30.2 Å². The molecule has 6 nitrogen and oxygen atoms in total. The maximum atomic E-state index is 12.0. The van der Waals surface area contributed by atoms with Gasteiger partial charge in [-0.05, 0) is 44.5 Å². The van der Waals surface area contributed by atoms with Gasteiger partial charge in [0.05, 0.1) is 12.2 Å². The van der Waals surface area contributed by atoms with Crippen LogP contribution in [0, 0.1) is 6.92 Å². The summed E-state index contributed by atoms with van der Waals surface area (Å²) in [5.41, 5.74) is 0.949. The second kappa shape index (κ2) is 7.05. The Morgan fingerprint density at radius 2 is 2.00 bits per heavy atom. The summed E-state index contributed by atoms with van der Waals surface area (Å²) in [4.78, 5) is 18.7. The highest BCUT2D eigenvalue weighted by Crippen LogP contribution is 2.18. The fourth-order valence-electron chi connectivity index (χ4n) is 2.90. The lowest BCUT2D eigenvalue weighted by Gasteiger charge is -2.36. The Bertz CT molecular complexity index is 686. The molecule has 2 aromatic heterocycles. The van der Waals surface area contributed by atoms with E-state index in [2.05, 4.69) is 29.0 Å². The third-order valence-electron chi connectivity index (χ3n) is 3.97. The van der Waals surface area contributed by atoms with Crippen LogP contribution in [0.3, 0.4) is 0 Å². The first-order chi connectivity index (χ1) is 11.5. The van der Waals surface area contributed by atoms with Crippen molar-refractivity contribution in [2.75, 3.05) is 18.0 Å². The van der Waals surface area contributed by atoms with E-state index in [-0.39, 0.29) is 18.1 Å². The molecule has 2 aromatic rings. The minimum atomic E-state index is -0.219. The molecule has 6 heteroatoms. The van der Waals surface area contributed by atoms with E-state index in [1.807, 2.05) is 19.1 Å². The van der Waals surface area contributed by atoms with Crippen molar-refractivity contribution in [3.05, 3.63) is 47.5 Å². The van der Waals surface area contributed by atoms with E-state index in [4.69, 9.17) is 9.15 Å². The van der Waals surface area contributed by atoms with Gasteiger partial charge in [0.15, 0.2) is 5.76 Å². The molecule has 1 N–H and O–H groups in total. The van der Waals surface area contributed by atoms with Gasteiger partial charge in [0, 0.05) is 25.8 Å². The number of nitrogens with zero attached hydrogens (tertiary/aromatic N) is 2. The Hall–Kier alpha value is -2.34. The zero-order valence-corrected chi connectivity index (χ0v) is 14.3. The minimum Gasteiger partial charge on any atom is -0.456 e. The van der Waals surface area contributed by atoms with E-state index in [9.17, 15) is 4.79 Å². The van der Waals surface area contributed by atoms with Crippen molar-refractivity contribution < 1.29 is 13.9 Å². The molecule has 2 unspecified atom stereocenters. The maximum absolute atomic E-state index is 12.0. The van der Waals surface area contributed by atoms with Crippen LogP contribution in [0.5, 0.6) is 0 Å². The van der Waals surface area contributed by atoms with Crippen LogP contribution < -0.4 is 10.2 Å². The molecule has 0 radical (unpaired) electrons. The number of amides is 1. The summed E-state index contributed by atoms with van der Waals surface area (Å²) in [5, 5.41) is 2.84. The molecule has 24 heavy (non-hydrogen) atoms. The van der Waals surface area contributed by atoms with Crippen LogP contribution in [0.25, 0.3) is 0 Å². The summed E-state index contributed by atoms with van der Waals surface area (Å²) < 4.78 is 11.1. The molecule has 1 amide bonds. The average molecular weight is 329 g/mol. The number of furan rings is 1. The fourth-order valence-corrected chi connectivity index (χ4v) is 2.90. The Morgan fingerprint density at radius 3 is 2.58 bits per heavy atom. The normalized spacial score (nSPS) is 20.9. The highest BCUT2D eigenvalue weighted by Gasteiger charge is 2.23. The average Bonchev–Trinajstić information content (AvgIpc) is 2.99. The Kier molecular flexibility index (Phi) is 4.85. The molecule has 3 heterocycles. The van der Waals surface area contributed by atoms with Crippen LogP contribution in [0.15, 0.2) is 34.9 Å². The molecular weight excluding hydrogens is 306 g/mol. The van der Waals surface area contributed by atoms with Gasteiger partial charge in [-0.3, -0.25) is 4.79 Å². The quantitative estimate of drug-likeness (QED) is 0.933. The van der Waals surface area contributed by atoms with Gasteiger partial charge in [-0.2, -0.15) is 0 Å². The molecule has 1 aliphatic rings. The molecular formula is C18H23N3O3. The summed E-state index contributed by atoms with van der Waals surface area (Å²) in [6.45, 7) is 8.05. The Balaban J connectivity index is 1.57. The number of hydrogen-bond acceptors (Lipinski definition) is 5. The van der Waals surface area contributed by atoms with E-state index in [1.54, 1.807) is 18.3 Å². The number of aromatic nitrogens is 1. The molecule has 2 atom stereocenters. The molecule has 0 spiro atoms. The molecule has 0 aliphatic carbocycles. The van der Waals surface area contributed by atoms with Crippen LogP contribution >= 0.6 is 0 Å². The van der Waals surface area contributed by atoms with Gasteiger partial charge in [-0.15, -0.1) is 0 Å². The maximum Gasteiger partial charge on any atom is 0.287 e. The summed E-state index contributed by atoms with van der Waals surface area (Å²) in [5.74, 6) is 1.77. The third-order valence-corrected chi connectivity index (χ3v) is 3.97. The van der Waals surface area contributed by atoms with Crippen molar-refractivity contribution in [3.63, 3.8) is 0 Å². The van der Waals surface area contributed by atoms with Crippen LogP contribution in [-0.2, 0) is 11.3 Å². The first-order valence-electron chi connectivity index (χ1n) is 8.21. The predicted molar refractivity (Wildman–Crippen MR) is 91.1 cm³/mol. The van der Waals surface area contributed by atoms with Gasteiger partial charge >= 0.3 is 0 Å². The Labute approximate surface area is 141 Å². The molecule has 1 aliphatic heterocycles. The van der Waals surface area contributed by atoms with E-state index < -0.39 is 0 Å². The highest BCUT2D eigenvalue weighted by atomic mass is 16.5. The highest BCUT2D eigenvalue weighted by molar-refractivity contribution is 5.91. The molecule has 0 aromatic carbocycles. The van der Waals surface area contributed by atoms with Gasteiger partial charge in [0.2, 0.25) is 0 Å². The standard InChI is InChI=1S/C18H23N3O3/c1-12-4-6-16(24-12)18(22)20-9-15-5-7-17(19-8-15)21-10-13(2)23-14(3)11-21/h4-8,13-14H,9-11H2,1-3H3,(H,20,22). The summed E-state index contributed by atoms with van der Waals surface area (Å²) >= 11 is 0.